The molecule has 4 heteroatoms. The highest BCUT2D eigenvalue weighted by Gasteiger charge is 2.03. The van der Waals surface area contributed by atoms with Crippen LogP contribution in [0.4, 0.5) is 5.82 Å². The van der Waals surface area contributed by atoms with Gasteiger partial charge in [0.05, 0.1) is 6.20 Å². The molecular formula is C14H14N4. The minimum atomic E-state index is 0.768. The van der Waals surface area contributed by atoms with E-state index >= 15 is 0 Å². The summed E-state index contributed by atoms with van der Waals surface area (Å²) >= 11 is 0. The second kappa shape index (κ2) is 4.49. The fraction of sp³-hybridized carbons (Fsp3) is 0.143. The average Bonchev–Trinajstić information content (AvgIpc) is 2.86. The van der Waals surface area contributed by atoms with Crippen LogP contribution in [0, 0.1) is 6.92 Å². The van der Waals surface area contributed by atoms with E-state index in [0.717, 1.165) is 17.9 Å². The Hall–Kier alpha value is -2.36. The van der Waals surface area contributed by atoms with Gasteiger partial charge in [-0.2, -0.15) is 5.10 Å². The van der Waals surface area contributed by atoms with Gasteiger partial charge in [-0.3, -0.25) is 0 Å². The van der Waals surface area contributed by atoms with Crippen molar-refractivity contribution in [3.8, 4) is 0 Å². The molecule has 2 aromatic heterocycles. The Bertz CT molecular complexity index is 672. The molecule has 0 spiro atoms. The van der Waals surface area contributed by atoms with Crippen LogP contribution in [-0.2, 0) is 6.54 Å². The highest BCUT2D eigenvalue weighted by molar-refractivity contribution is 5.66. The minimum absolute atomic E-state index is 0.768. The summed E-state index contributed by atoms with van der Waals surface area (Å²) in [6.45, 7) is 2.88. The zero-order chi connectivity index (χ0) is 12.4. The Morgan fingerprint density at radius 3 is 2.94 bits per heavy atom. The first kappa shape index (κ1) is 10.8. The van der Waals surface area contributed by atoms with Gasteiger partial charge in [0.2, 0.25) is 0 Å². The van der Waals surface area contributed by atoms with Gasteiger partial charge in [-0.25, -0.2) is 9.50 Å². The van der Waals surface area contributed by atoms with Gasteiger partial charge in [0.25, 0.3) is 0 Å². The van der Waals surface area contributed by atoms with Crippen LogP contribution in [0.5, 0.6) is 0 Å². The van der Waals surface area contributed by atoms with E-state index in [1.165, 1.54) is 11.1 Å². The van der Waals surface area contributed by atoms with Gasteiger partial charge in [-0.1, -0.05) is 24.3 Å². The molecule has 0 saturated carbocycles. The Morgan fingerprint density at radius 2 is 2.06 bits per heavy atom. The normalized spacial score (nSPS) is 10.7. The minimum Gasteiger partial charge on any atom is -0.364 e. The van der Waals surface area contributed by atoms with Crippen molar-refractivity contribution in [2.75, 3.05) is 5.32 Å². The average molecular weight is 238 g/mol. The topological polar surface area (TPSA) is 42.2 Å². The van der Waals surface area contributed by atoms with Crippen LogP contribution in [0.25, 0.3) is 5.52 Å². The van der Waals surface area contributed by atoms with Gasteiger partial charge in [0.15, 0.2) is 5.82 Å². The van der Waals surface area contributed by atoms with Crippen LogP contribution < -0.4 is 5.32 Å². The fourth-order valence-corrected chi connectivity index (χ4v) is 1.98. The zero-order valence-electron chi connectivity index (χ0n) is 10.2. The molecule has 1 N–H and O–H groups in total. The molecule has 0 aliphatic carbocycles. The van der Waals surface area contributed by atoms with Crippen molar-refractivity contribution >= 4 is 11.3 Å². The number of anilines is 1. The van der Waals surface area contributed by atoms with E-state index in [2.05, 4.69) is 46.6 Å². The molecule has 0 aliphatic heterocycles. The van der Waals surface area contributed by atoms with Gasteiger partial charge >= 0.3 is 0 Å². The maximum Gasteiger partial charge on any atom is 0.152 e. The van der Waals surface area contributed by atoms with Crippen molar-refractivity contribution in [2.45, 2.75) is 13.5 Å². The molecule has 3 aromatic rings. The number of hydrogen-bond acceptors (Lipinski definition) is 3. The fourth-order valence-electron chi connectivity index (χ4n) is 1.98. The van der Waals surface area contributed by atoms with Gasteiger partial charge in [-0.15, -0.1) is 0 Å². The maximum absolute atomic E-state index is 4.35. The summed E-state index contributed by atoms with van der Waals surface area (Å²) in [6.07, 6.45) is 5.37. The summed E-state index contributed by atoms with van der Waals surface area (Å²) in [5.41, 5.74) is 3.55. The predicted molar refractivity (Wildman–Crippen MR) is 71.5 cm³/mol. The molecule has 4 nitrogen and oxygen atoms in total. The van der Waals surface area contributed by atoms with E-state index in [1.54, 1.807) is 12.4 Å². The van der Waals surface area contributed by atoms with E-state index in [9.17, 15) is 0 Å². The third kappa shape index (κ3) is 1.93. The smallest absolute Gasteiger partial charge is 0.152 e. The number of aromatic nitrogens is 3. The molecule has 0 atom stereocenters. The summed E-state index contributed by atoms with van der Waals surface area (Å²) in [7, 11) is 0. The quantitative estimate of drug-likeness (QED) is 0.762. The molecule has 1 aromatic carbocycles. The Morgan fingerprint density at radius 1 is 1.17 bits per heavy atom. The molecule has 0 amide bonds. The van der Waals surface area contributed by atoms with Gasteiger partial charge in [-0.05, 0) is 24.1 Å². The van der Waals surface area contributed by atoms with E-state index in [0.29, 0.717) is 0 Å². The Kier molecular flexibility index (Phi) is 2.68. The number of rotatable bonds is 3. The summed E-state index contributed by atoms with van der Waals surface area (Å²) in [5, 5.41) is 7.55. The first-order valence-electron chi connectivity index (χ1n) is 5.91. The number of nitrogens with one attached hydrogen (secondary N) is 1. The third-order valence-corrected chi connectivity index (χ3v) is 3.03. The number of benzene rings is 1. The molecule has 18 heavy (non-hydrogen) atoms. The number of fused-ring (bicyclic) bond motifs is 1. The maximum atomic E-state index is 4.35. The van der Waals surface area contributed by atoms with Gasteiger partial charge in [0, 0.05) is 18.9 Å². The van der Waals surface area contributed by atoms with Crippen molar-refractivity contribution in [1.29, 1.82) is 0 Å². The summed E-state index contributed by atoms with van der Waals surface area (Å²) in [4.78, 5) is 4.35. The monoisotopic (exact) mass is 238 g/mol. The lowest BCUT2D eigenvalue weighted by molar-refractivity contribution is 0.941. The summed E-state index contributed by atoms with van der Waals surface area (Å²) in [6, 6.07) is 10.3. The molecule has 3 rings (SSSR count). The Labute approximate surface area is 105 Å². The van der Waals surface area contributed by atoms with Crippen LogP contribution in [0.3, 0.4) is 0 Å². The number of aryl methyl sites for hydroxylation is 1. The highest BCUT2D eigenvalue weighted by Crippen LogP contribution is 2.14. The van der Waals surface area contributed by atoms with E-state index in [4.69, 9.17) is 0 Å². The first-order chi connectivity index (χ1) is 8.84. The summed E-state index contributed by atoms with van der Waals surface area (Å²) in [5.74, 6) is 0.859. The molecule has 0 saturated heterocycles. The van der Waals surface area contributed by atoms with Crippen LogP contribution in [0.15, 0.2) is 48.9 Å². The molecule has 0 radical (unpaired) electrons. The lowest BCUT2D eigenvalue weighted by atomic mass is 10.1. The first-order valence-corrected chi connectivity index (χ1v) is 5.91. The Balaban J connectivity index is 1.85. The van der Waals surface area contributed by atoms with Crippen molar-refractivity contribution in [3.05, 3.63) is 60.0 Å². The van der Waals surface area contributed by atoms with E-state index in [1.807, 2.05) is 16.8 Å². The summed E-state index contributed by atoms with van der Waals surface area (Å²) < 4.78 is 1.81. The van der Waals surface area contributed by atoms with Crippen molar-refractivity contribution in [2.24, 2.45) is 0 Å². The third-order valence-electron chi connectivity index (χ3n) is 3.03. The molecule has 90 valence electrons. The SMILES string of the molecule is Cc1ccccc1CNc1nccn2nccc12. The van der Waals surface area contributed by atoms with Gasteiger partial charge in [0.1, 0.15) is 5.52 Å². The van der Waals surface area contributed by atoms with Crippen LogP contribution in [-0.4, -0.2) is 14.6 Å². The van der Waals surface area contributed by atoms with Gasteiger partial charge < -0.3 is 5.32 Å². The van der Waals surface area contributed by atoms with Crippen LogP contribution in [0.1, 0.15) is 11.1 Å². The van der Waals surface area contributed by atoms with Crippen LogP contribution >= 0.6 is 0 Å². The van der Waals surface area contributed by atoms with Crippen molar-refractivity contribution in [1.82, 2.24) is 14.6 Å². The molecule has 0 aliphatic rings. The molecule has 0 unspecified atom stereocenters. The van der Waals surface area contributed by atoms with E-state index < -0.39 is 0 Å². The van der Waals surface area contributed by atoms with Crippen LogP contribution in [0.2, 0.25) is 0 Å². The predicted octanol–water partition coefficient (Wildman–Crippen LogP) is 2.65. The van der Waals surface area contributed by atoms with Crippen molar-refractivity contribution < 1.29 is 0 Å². The molecule has 0 bridgehead atoms. The second-order valence-corrected chi connectivity index (χ2v) is 4.22. The molecule has 0 fully saturated rings. The highest BCUT2D eigenvalue weighted by atomic mass is 15.2. The van der Waals surface area contributed by atoms with E-state index in [-0.39, 0.29) is 0 Å². The molecular weight excluding hydrogens is 224 g/mol. The zero-order valence-corrected chi connectivity index (χ0v) is 10.2. The second-order valence-electron chi connectivity index (χ2n) is 4.22. The van der Waals surface area contributed by atoms with Crippen molar-refractivity contribution in [3.63, 3.8) is 0 Å². The lowest BCUT2D eigenvalue weighted by Gasteiger charge is -2.09. The largest absolute Gasteiger partial charge is 0.364 e. The number of nitrogens with zero attached hydrogens (tertiary/aromatic N) is 3. The number of hydrogen-bond donors (Lipinski definition) is 1. The standard InChI is InChI=1S/C14H14N4/c1-11-4-2-3-5-12(11)10-16-14-13-6-7-17-18(13)9-8-15-14/h2-9H,10H2,1H3,(H,15,16). The lowest BCUT2D eigenvalue weighted by Crippen LogP contribution is -2.04. The molecule has 2 heterocycles.